The molecule has 0 saturated heterocycles. The number of halogens is 2. The maximum atomic E-state index is 13.6. The van der Waals surface area contributed by atoms with Crippen LogP contribution in [0, 0.1) is 18.6 Å². The van der Waals surface area contributed by atoms with E-state index in [2.05, 4.69) is 5.32 Å². The molecule has 0 fully saturated rings. The largest absolute Gasteiger partial charge is 0.324 e. The molecule has 0 aliphatic rings. The summed E-state index contributed by atoms with van der Waals surface area (Å²) in [5, 5.41) is 2.51. The molecule has 2 aromatic rings. The molecular formula is C16H15F2NO. The van der Waals surface area contributed by atoms with Gasteiger partial charge in [-0.05, 0) is 48.7 Å². The molecule has 0 aliphatic carbocycles. The van der Waals surface area contributed by atoms with Crippen LogP contribution in [0.5, 0.6) is 0 Å². The SMILES string of the molecule is Cc1ccc(NC(=O)CCc2cccc(F)c2)c(F)c1. The van der Waals surface area contributed by atoms with Crippen LogP contribution < -0.4 is 5.32 Å². The zero-order valence-electron chi connectivity index (χ0n) is 11.1. The molecule has 0 saturated carbocycles. The lowest BCUT2D eigenvalue weighted by atomic mass is 10.1. The Morgan fingerprint density at radius 1 is 1.15 bits per heavy atom. The van der Waals surface area contributed by atoms with Crippen molar-refractivity contribution in [1.29, 1.82) is 0 Å². The highest BCUT2D eigenvalue weighted by Gasteiger charge is 2.07. The summed E-state index contributed by atoms with van der Waals surface area (Å²) in [6.45, 7) is 1.78. The van der Waals surface area contributed by atoms with Crippen LogP contribution in [0.2, 0.25) is 0 Å². The van der Waals surface area contributed by atoms with E-state index in [1.54, 1.807) is 25.1 Å². The number of nitrogens with one attached hydrogen (secondary N) is 1. The van der Waals surface area contributed by atoms with Crippen LogP contribution in [0.4, 0.5) is 14.5 Å². The van der Waals surface area contributed by atoms with E-state index in [-0.39, 0.29) is 23.8 Å². The summed E-state index contributed by atoms with van der Waals surface area (Å²) in [5.74, 6) is -1.08. The van der Waals surface area contributed by atoms with Gasteiger partial charge in [-0.2, -0.15) is 0 Å². The monoisotopic (exact) mass is 275 g/mol. The molecule has 0 bridgehead atoms. The normalized spacial score (nSPS) is 10.3. The van der Waals surface area contributed by atoms with Crippen LogP contribution in [-0.2, 0) is 11.2 Å². The molecule has 4 heteroatoms. The van der Waals surface area contributed by atoms with E-state index in [9.17, 15) is 13.6 Å². The average Bonchev–Trinajstić information content (AvgIpc) is 2.40. The van der Waals surface area contributed by atoms with Crippen molar-refractivity contribution in [2.45, 2.75) is 19.8 Å². The van der Waals surface area contributed by atoms with Crippen molar-refractivity contribution in [1.82, 2.24) is 0 Å². The predicted octanol–water partition coefficient (Wildman–Crippen LogP) is 3.84. The first kappa shape index (κ1) is 14.2. The Labute approximate surface area is 116 Å². The summed E-state index contributed by atoms with van der Waals surface area (Å²) in [5.41, 5.74) is 1.70. The fourth-order valence-electron chi connectivity index (χ4n) is 1.88. The molecule has 0 atom stereocenters. The molecule has 0 heterocycles. The maximum absolute atomic E-state index is 13.6. The van der Waals surface area contributed by atoms with E-state index in [4.69, 9.17) is 0 Å². The van der Waals surface area contributed by atoms with Crippen LogP contribution >= 0.6 is 0 Å². The highest BCUT2D eigenvalue weighted by Crippen LogP contribution is 2.16. The van der Waals surface area contributed by atoms with Crippen molar-refractivity contribution < 1.29 is 13.6 Å². The second-order valence-electron chi connectivity index (χ2n) is 4.66. The number of amides is 1. The molecular weight excluding hydrogens is 260 g/mol. The van der Waals surface area contributed by atoms with Crippen LogP contribution in [0.1, 0.15) is 17.5 Å². The minimum Gasteiger partial charge on any atom is -0.324 e. The summed E-state index contributed by atoms with van der Waals surface area (Å²) in [7, 11) is 0. The summed E-state index contributed by atoms with van der Waals surface area (Å²) in [6.07, 6.45) is 0.591. The first-order valence-corrected chi connectivity index (χ1v) is 6.35. The van der Waals surface area contributed by atoms with Crippen LogP contribution in [0.25, 0.3) is 0 Å². The van der Waals surface area contributed by atoms with Crippen molar-refractivity contribution in [3.63, 3.8) is 0 Å². The van der Waals surface area contributed by atoms with Crippen LogP contribution in [-0.4, -0.2) is 5.91 Å². The maximum Gasteiger partial charge on any atom is 0.224 e. The summed E-state index contributed by atoms with van der Waals surface area (Å²) in [4.78, 5) is 11.7. The van der Waals surface area contributed by atoms with E-state index >= 15 is 0 Å². The van der Waals surface area contributed by atoms with E-state index in [0.717, 1.165) is 11.1 Å². The summed E-state index contributed by atoms with van der Waals surface area (Å²) < 4.78 is 26.5. The van der Waals surface area contributed by atoms with Gasteiger partial charge in [0.05, 0.1) is 5.69 Å². The van der Waals surface area contributed by atoms with E-state index in [1.807, 2.05) is 0 Å². The van der Waals surface area contributed by atoms with Gasteiger partial charge in [0, 0.05) is 6.42 Å². The molecule has 0 spiro atoms. The van der Waals surface area contributed by atoms with Gasteiger partial charge in [0.2, 0.25) is 5.91 Å². The minimum absolute atomic E-state index is 0.167. The van der Waals surface area contributed by atoms with Gasteiger partial charge in [0.15, 0.2) is 0 Å². The molecule has 0 radical (unpaired) electrons. The van der Waals surface area contributed by atoms with Crippen molar-refractivity contribution in [2.24, 2.45) is 0 Å². The van der Waals surface area contributed by atoms with E-state index < -0.39 is 5.82 Å². The zero-order chi connectivity index (χ0) is 14.5. The molecule has 20 heavy (non-hydrogen) atoms. The van der Waals surface area contributed by atoms with Crippen molar-refractivity contribution in [2.75, 3.05) is 5.32 Å². The molecule has 0 aliphatic heterocycles. The topological polar surface area (TPSA) is 29.1 Å². The van der Waals surface area contributed by atoms with Gasteiger partial charge in [0.25, 0.3) is 0 Å². The number of hydrogen-bond donors (Lipinski definition) is 1. The van der Waals surface area contributed by atoms with Crippen molar-refractivity contribution in [3.05, 3.63) is 65.2 Å². The zero-order valence-corrected chi connectivity index (χ0v) is 11.1. The Hall–Kier alpha value is -2.23. The molecule has 2 rings (SSSR count). The highest BCUT2D eigenvalue weighted by atomic mass is 19.1. The summed E-state index contributed by atoms with van der Waals surface area (Å²) in [6, 6.07) is 10.7. The minimum atomic E-state index is -0.455. The van der Waals surface area contributed by atoms with Gasteiger partial charge in [-0.25, -0.2) is 8.78 Å². The van der Waals surface area contributed by atoms with Crippen LogP contribution in [0.15, 0.2) is 42.5 Å². The fraction of sp³-hybridized carbons (Fsp3) is 0.188. The third-order valence-corrected chi connectivity index (χ3v) is 2.93. The number of carbonyl (C=O) groups is 1. The molecule has 104 valence electrons. The first-order chi connectivity index (χ1) is 9.54. The number of rotatable bonds is 4. The van der Waals surface area contributed by atoms with E-state index in [1.165, 1.54) is 24.3 Å². The number of aryl methyl sites for hydroxylation is 2. The Morgan fingerprint density at radius 3 is 2.65 bits per heavy atom. The van der Waals surface area contributed by atoms with Gasteiger partial charge < -0.3 is 5.32 Å². The molecule has 2 aromatic carbocycles. The smallest absolute Gasteiger partial charge is 0.224 e. The first-order valence-electron chi connectivity index (χ1n) is 6.35. The number of anilines is 1. The third kappa shape index (κ3) is 3.88. The highest BCUT2D eigenvalue weighted by molar-refractivity contribution is 5.90. The second kappa shape index (κ2) is 6.28. The number of carbonyl (C=O) groups excluding carboxylic acids is 1. The van der Waals surface area contributed by atoms with E-state index in [0.29, 0.717) is 6.42 Å². The third-order valence-electron chi connectivity index (χ3n) is 2.93. The lowest BCUT2D eigenvalue weighted by molar-refractivity contribution is -0.116. The van der Waals surface area contributed by atoms with Crippen molar-refractivity contribution in [3.8, 4) is 0 Å². The van der Waals surface area contributed by atoms with Gasteiger partial charge >= 0.3 is 0 Å². The van der Waals surface area contributed by atoms with Gasteiger partial charge in [-0.1, -0.05) is 18.2 Å². The molecule has 1 amide bonds. The van der Waals surface area contributed by atoms with Gasteiger partial charge in [-0.15, -0.1) is 0 Å². The van der Waals surface area contributed by atoms with Gasteiger partial charge in [-0.3, -0.25) is 4.79 Å². The van der Waals surface area contributed by atoms with Gasteiger partial charge in [0.1, 0.15) is 11.6 Å². The Kier molecular flexibility index (Phi) is 4.45. The van der Waals surface area contributed by atoms with Crippen LogP contribution in [0.3, 0.4) is 0 Å². The molecule has 0 aromatic heterocycles. The standard InChI is InChI=1S/C16H15F2NO/c1-11-5-7-15(14(18)9-11)19-16(20)8-6-12-3-2-4-13(17)10-12/h2-5,7,9-10H,6,8H2,1H3,(H,19,20). The number of hydrogen-bond acceptors (Lipinski definition) is 1. The quantitative estimate of drug-likeness (QED) is 0.902. The molecule has 0 unspecified atom stereocenters. The fourth-order valence-corrected chi connectivity index (χ4v) is 1.88. The lowest BCUT2D eigenvalue weighted by Gasteiger charge is -2.07. The molecule has 1 N–H and O–H groups in total. The Balaban J connectivity index is 1.92. The number of benzene rings is 2. The lowest BCUT2D eigenvalue weighted by Crippen LogP contribution is -2.13. The molecule has 2 nitrogen and oxygen atoms in total. The Bertz CT molecular complexity index is 626. The second-order valence-corrected chi connectivity index (χ2v) is 4.66. The average molecular weight is 275 g/mol. The Morgan fingerprint density at radius 2 is 1.95 bits per heavy atom. The summed E-state index contributed by atoms with van der Waals surface area (Å²) >= 11 is 0. The van der Waals surface area contributed by atoms with Crippen molar-refractivity contribution >= 4 is 11.6 Å². The predicted molar refractivity (Wildman–Crippen MR) is 74.5 cm³/mol.